The molecule has 0 radical (unpaired) electrons. The van der Waals surface area contributed by atoms with Crippen molar-refractivity contribution in [2.75, 3.05) is 11.9 Å². The van der Waals surface area contributed by atoms with Gasteiger partial charge in [-0.15, -0.1) is 0 Å². The largest absolute Gasteiger partial charge is 0.368 e. The molecule has 3 aliphatic rings. The molecule has 0 aromatic heterocycles. The second-order valence-corrected chi connectivity index (χ2v) is 8.40. The van der Waals surface area contributed by atoms with Crippen LogP contribution in [0.3, 0.4) is 0 Å². The van der Waals surface area contributed by atoms with Gasteiger partial charge in [0.15, 0.2) is 0 Å². The number of nitrogens with two attached hydrogens (primary N) is 1. The van der Waals surface area contributed by atoms with Crippen LogP contribution < -0.4 is 21.8 Å². The molecule has 1 amide bonds. The van der Waals surface area contributed by atoms with Gasteiger partial charge in [0.25, 0.3) is 6.43 Å². The smallest absolute Gasteiger partial charge is 0.257 e. The number of amides is 1. The van der Waals surface area contributed by atoms with Crippen LogP contribution in [0.5, 0.6) is 0 Å². The molecule has 0 bridgehead atoms. The molecule has 162 valence electrons. The number of piperidine rings is 1. The Kier molecular flexibility index (Phi) is 6.18. The van der Waals surface area contributed by atoms with E-state index in [-0.39, 0.29) is 36.0 Å². The summed E-state index contributed by atoms with van der Waals surface area (Å²) >= 11 is 0. The van der Waals surface area contributed by atoms with Gasteiger partial charge in [0.1, 0.15) is 6.17 Å². The van der Waals surface area contributed by atoms with E-state index >= 15 is 0 Å². The number of alkyl halides is 2. The lowest BCUT2D eigenvalue weighted by atomic mass is 9.83. The second-order valence-electron chi connectivity index (χ2n) is 8.40. The number of hydrogen-bond donors (Lipinski definition) is 4. The van der Waals surface area contributed by atoms with E-state index in [9.17, 15) is 18.8 Å². The number of anilines is 1. The van der Waals surface area contributed by atoms with Crippen molar-refractivity contribution < 1.29 is 13.6 Å². The summed E-state index contributed by atoms with van der Waals surface area (Å²) in [7, 11) is 0. The molecule has 2 aliphatic heterocycles. The standard InChI is InChI=1S/C21H28F2N6O/c22-19(23)18(25)12-5-7-14(8-6-12)27-20-17-16(9-10-26-21(17)30)29(28-20)15-4-2-1-3-13(15)11-24/h5-8,13,15-20,27-28H,1-4,9-10,25H2,(H,26,30)/t13-,15+,16?,17?,18?,20?/m1/s1. The average molecular weight is 418 g/mol. The lowest BCUT2D eigenvalue weighted by molar-refractivity contribution is -0.128. The van der Waals surface area contributed by atoms with Crippen LogP contribution in [0.1, 0.15) is 43.7 Å². The Morgan fingerprint density at radius 2 is 1.90 bits per heavy atom. The molecule has 2 heterocycles. The summed E-state index contributed by atoms with van der Waals surface area (Å²) in [6, 6.07) is 7.80. The Balaban J connectivity index is 1.52. The summed E-state index contributed by atoms with van der Waals surface area (Å²) in [5, 5.41) is 18.1. The summed E-state index contributed by atoms with van der Waals surface area (Å²) in [6.45, 7) is 0.620. The number of nitrogens with one attached hydrogen (secondary N) is 3. The zero-order chi connectivity index (χ0) is 21.3. The van der Waals surface area contributed by atoms with Gasteiger partial charge in [0.2, 0.25) is 5.91 Å². The monoisotopic (exact) mass is 418 g/mol. The first-order valence-corrected chi connectivity index (χ1v) is 10.6. The predicted octanol–water partition coefficient (Wildman–Crippen LogP) is 2.10. The van der Waals surface area contributed by atoms with Crippen molar-refractivity contribution in [1.29, 1.82) is 5.26 Å². The zero-order valence-electron chi connectivity index (χ0n) is 16.7. The fourth-order valence-corrected chi connectivity index (χ4v) is 5.02. The molecule has 5 N–H and O–H groups in total. The van der Waals surface area contributed by atoms with Crippen LogP contribution in [-0.4, -0.2) is 42.1 Å². The highest BCUT2D eigenvalue weighted by Crippen LogP contribution is 2.36. The molecule has 7 nitrogen and oxygen atoms in total. The molecule has 4 unspecified atom stereocenters. The lowest BCUT2D eigenvalue weighted by Gasteiger charge is -2.39. The van der Waals surface area contributed by atoms with Gasteiger partial charge in [-0.1, -0.05) is 25.0 Å². The minimum absolute atomic E-state index is 0.0144. The summed E-state index contributed by atoms with van der Waals surface area (Å²) in [5.74, 6) is -0.367. The van der Waals surface area contributed by atoms with Gasteiger partial charge in [-0.2, -0.15) is 5.26 Å². The number of rotatable bonds is 5. The van der Waals surface area contributed by atoms with E-state index < -0.39 is 12.5 Å². The minimum atomic E-state index is -2.62. The first kappa shape index (κ1) is 21.0. The van der Waals surface area contributed by atoms with Gasteiger partial charge >= 0.3 is 0 Å². The fraction of sp³-hybridized carbons (Fsp3) is 0.619. The van der Waals surface area contributed by atoms with Crippen molar-refractivity contribution in [3.05, 3.63) is 29.8 Å². The number of nitrogens with zero attached hydrogens (tertiary/aromatic N) is 2. The van der Waals surface area contributed by atoms with E-state index in [1.54, 1.807) is 24.3 Å². The van der Waals surface area contributed by atoms with Gasteiger partial charge < -0.3 is 16.4 Å². The van der Waals surface area contributed by atoms with Crippen molar-refractivity contribution in [2.45, 2.75) is 62.8 Å². The van der Waals surface area contributed by atoms with Crippen molar-refractivity contribution in [2.24, 2.45) is 17.6 Å². The number of hydrogen-bond acceptors (Lipinski definition) is 6. The number of carbonyl (C=O) groups is 1. The third-order valence-electron chi connectivity index (χ3n) is 6.60. The Hall–Kier alpha value is -2.28. The second kappa shape index (κ2) is 8.84. The van der Waals surface area contributed by atoms with Crippen LogP contribution >= 0.6 is 0 Å². The highest BCUT2D eigenvalue weighted by atomic mass is 19.3. The number of benzene rings is 1. The number of hydrazine groups is 1. The summed E-state index contributed by atoms with van der Waals surface area (Å²) in [5.41, 5.74) is 10.1. The first-order valence-electron chi connectivity index (χ1n) is 10.6. The Morgan fingerprint density at radius 3 is 2.60 bits per heavy atom. The van der Waals surface area contributed by atoms with Crippen LogP contribution in [0.4, 0.5) is 14.5 Å². The maximum Gasteiger partial charge on any atom is 0.257 e. The Morgan fingerprint density at radius 1 is 1.17 bits per heavy atom. The fourth-order valence-electron chi connectivity index (χ4n) is 5.02. The van der Waals surface area contributed by atoms with Gasteiger partial charge in [0, 0.05) is 24.3 Å². The zero-order valence-corrected chi connectivity index (χ0v) is 16.7. The minimum Gasteiger partial charge on any atom is -0.368 e. The maximum absolute atomic E-state index is 12.8. The topological polar surface area (TPSA) is 106 Å². The summed E-state index contributed by atoms with van der Waals surface area (Å²) in [4.78, 5) is 12.7. The molecule has 9 heteroatoms. The third-order valence-corrected chi connectivity index (χ3v) is 6.60. The molecular weight excluding hydrogens is 390 g/mol. The number of carbonyl (C=O) groups excluding carboxylic acids is 1. The molecule has 1 aromatic carbocycles. The quantitative estimate of drug-likeness (QED) is 0.584. The molecule has 30 heavy (non-hydrogen) atoms. The molecule has 0 spiro atoms. The van der Waals surface area contributed by atoms with E-state index in [4.69, 9.17) is 5.73 Å². The maximum atomic E-state index is 12.8. The number of halogens is 2. The van der Waals surface area contributed by atoms with Crippen LogP contribution in [0, 0.1) is 23.2 Å². The van der Waals surface area contributed by atoms with E-state index in [0.717, 1.165) is 37.8 Å². The first-order chi connectivity index (χ1) is 14.5. The van der Waals surface area contributed by atoms with Crippen molar-refractivity contribution in [3.8, 4) is 6.07 Å². The van der Waals surface area contributed by atoms with Crippen LogP contribution in [-0.2, 0) is 4.79 Å². The highest BCUT2D eigenvalue weighted by molar-refractivity contribution is 5.82. The molecule has 4 rings (SSSR count). The van der Waals surface area contributed by atoms with E-state index in [1.807, 2.05) is 0 Å². The lowest BCUT2D eigenvalue weighted by Crippen LogP contribution is -2.54. The van der Waals surface area contributed by atoms with Gasteiger partial charge in [0.05, 0.1) is 23.9 Å². The average Bonchev–Trinajstić information content (AvgIpc) is 3.13. The molecule has 1 aromatic rings. The molecule has 6 atom stereocenters. The van der Waals surface area contributed by atoms with Crippen LogP contribution in [0.2, 0.25) is 0 Å². The van der Waals surface area contributed by atoms with Gasteiger partial charge in [-0.3, -0.25) is 4.79 Å². The van der Waals surface area contributed by atoms with Crippen molar-refractivity contribution >= 4 is 11.6 Å². The van der Waals surface area contributed by atoms with E-state index in [2.05, 4.69) is 27.1 Å². The number of nitriles is 1. The molecular formula is C21H28F2N6O. The summed E-state index contributed by atoms with van der Waals surface area (Å²) in [6.07, 6.45) is 1.81. The molecule has 1 aliphatic carbocycles. The Bertz CT molecular complexity index is 798. The molecule has 3 fully saturated rings. The van der Waals surface area contributed by atoms with Crippen LogP contribution in [0.15, 0.2) is 24.3 Å². The third kappa shape index (κ3) is 4.00. The van der Waals surface area contributed by atoms with Crippen LogP contribution in [0.25, 0.3) is 0 Å². The van der Waals surface area contributed by atoms with Crippen molar-refractivity contribution in [3.63, 3.8) is 0 Å². The van der Waals surface area contributed by atoms with Gasteiger partial charge in [-0.05, 0) is 37.0 Å². The Labute approximate surface area is 174 Å². The van der Waals surface area contributed by atoms with E-state index in [0.29, 0.717) is 12.1 Å². The molecule has 1 saturated carbocycles. The van der Waals surface area contributed by atoms with E-state index in [1.165, 1.54) is 0 Å². The highest BCUT2D eigenvalue weighted by Gasteiger charge is 2.51. The SMILES string of the molecule is N#C[C@H]1CCCC[C@@H]1N1NC(Nc2ccc(C(N)C(F)F)cc2)C2C(=O)NCCC21. The van der Waals surface area contributed by atoms with Gasteiger partial charge in [-0.25, -0.2) is 19.2 Å². The normalized spacial score (nSPS) is 32.9. The molecule has 2 saturated heterocycles. The predicted molar refractivity (Wildman–Crippen MR) is 108 cm³/mol. The van der Waals surface area contributed by atoms with Crippen molar-refractivity contribution in [1.82, 2.24) is 15.8 Å². The number of fused-ring (bicyclic) bond motifs is 1. The summed E-state index contributed by atoms with van der Waals surface area (Å²) < 4.78 is 25.7.